The highest BCUT2D eigenvalue weighted by atomic mass is 16.6. The monoisotopic (exact) mass is 544 g/mol. The first kappa shape index (κ1) is 29.1. The highest BCUT2D eigenvalue weighted by Gasteiger charge is 2.72. The van der Waals surface area contributed by atoms with Gasteiger partial charge >= 0.3 is 11.9 Å². The summed E-state index contributed by atoms with van der Waals surface area (Å²) >= 11 is 0. The van der Waals surface area contributed by atoms with Crippen molar-refractivity contribution in [1.29, 1.82) is 0 Å². The maximum Gasteiger partial charge on any atom is 0.312 e. The van der Waals surface area contributed by atoms with E-state index in [4.69, 9.17) is 9.47 Å². The van der Waals surface area contributed by atoms with Crippen molar-refractivity contribution in [2.45, 2.75) is 125 Å². The van der Waals surface area contributed by atoms with Gasteiger partial charge in [-0.2, -0.15) is 0 Å². The van der Waals surface area contributed by atoms with E-state index in [9.17, 15) is 19.8 Å². The maximum absolute atomic E-state index is 13.5. The highest BCUT2D eigenvalue weighted by Crippen LogP contribution is 2.76. The van der Waals surface area contributed by atoms with E-state index >= 15 is 0 Å². The van der Waals surface area contributed by atoms with Crippen molar-refractivity contribution < 1.29 is 29.3 Å². The third-order valence-corrected chi connectivity index (χ3v) is 13.8. The van der Waals surface area contributed by atoms with Crippen molar-refractivity contribution in [3.8, 4) is 0 Å². The summed E-state index contributed by atoms with van der Waals surface area (Å²) in [4.78, 5) is 25.4. The van der Waals surface area contributed by atoms with Crippen molar-refractivity contribution in [1.82, 2.24) is 0 Å². The lowest BCUT2D eigenvalue weighted by Gasteiger charge is -2.72. The van der Waals surface area contributed by atoms with Crippen molar-refractivity contribution in [3.05, 3.63) is 11.6 Å². The van der Waals surface area contributed by atoms with Crippen LogP contribution in [0.4, 0.5) is 0 Å². The number of aliphatic hydroxyl groups excluding tert-OH is 1. The molecule has 0 radical (unpaired) electrons. The van der Waals surface area contributed by atoms with Crippen molar-refractivity contribution in [2.75, 3.05) is 7.11 Å². The van der Waals surface area contributed by atoms with Crippen LogP contribution in [-0.2, 0) is 19.1 Å². The van der Waals surface area contributed by atoms with E-state index in [-0.39, 0.29) is 45.4 Å². The molecule has 5 aliphatic rings. The van der Waals surface area contributed by atoms with Gasteiger partial charge in [0.05, 0.1) is 24.2 Å². The van der Waals surface area contributed by atoms with Gasteiger partial charge in [-0.1, -0.05) is 53.2 Å². The molecule has 39 heavy (non-hydrogen) atoms. The van der Waals surface area contributed by atoms with Gasteiger partial charge in [0.25, 0.3) is 0 Å². The van der Waals surface area contributed by atoms with Gasteiger partial charge < -0.3 is 19.7 Å². The smallest absolute Gasteiger partial charge is 0.312 e. The van der Waals surface area contributed by atoms with E-state index in [0.717, 1.165) is 44.9 Å². The SMILES string of the molecule is COC(=O)[C@]12CC[C@@H](C)[C@@](C)(O)[C@H]1C1=CC[C@@H]3[C@@]4(C)C[C@@H](O)[C@H](OC(C)=O)C(C)(C)[C@@H]4CC[C@@]3(C)[C@]1(C)CC2. The first-order valence-electron chi connectivity index (χ1n) is 15.3. The summed E-state index contributed by atoms with van der Waals surface area (Å²) in [6, 6.07) is 0. The maximum atomic E-state index is 13.5. The van der Waals surface area contributed by atoms with Crippen LogP contribution in [0.5, 0.6) is 0 Å². The van der Waals surface area contributed by atoms with Gasteiger partial charge in [0.1, 0.15) is 6.10 Å². The molecule has 11 atom stereocenters. The Bertz CT molecular complexity index is 1080. The van der Waals surface area contributed by atoms with E-state index in [1.54, 1.807) is 0 Å². The molecule has 0 aliphatic heterocycles. The van der Waals surface area contributed by atoms with Gasteiger partial charge in [0.15, 0.2) is 0 Å². The number of carbonyl (C=O) groups excluding carboxylic acids is 2. The van der Waals surface area contributed by atoms with Crippen LogP contribution in [-0.4, -0.2) is 47.1 Å². The summed E-state index contributed by atoms with van der Waals surface area (Å²) in [5.74, 6) is -0.0237. The zero-order valence-electron chi connectivity index (χ0n) is 25.7. The molecule has 4 saturated carbocycles. The second-order valence-electron chi connectivity index (χ2n) is 15.7. The lowest BCUT2D eigenvalue weighted by Crippen LogP contribution is -2.69. The van der Waals surface area contributed by atoms with Crippen LogP contribution in [0.25, 0.3) is 0 Å². The predicted octanol–water partition coefficient (Wildman–Crippen LogP) is 5.83. The first-order valence-corrected chi connectivity index (χ1v) is 15.3. The minimum atomic E-state index is -0.996. The Balaban J connectivity index is 1.61. The molecule has 0 heterocycles. The molecule has 0 spiro atoms. The Labute approximate surface area is 235 Å². The van der Waals surface area contributed by atoms with Crippen LogP contribution in [0, 0.1) is 50.7 Å². The Kier molecular flexibility index (Phi) is 6.57. The number of ether oxygens (including phenoxy) is 2. The Morgan fingerprint density at radius 3 is 2.26 bits per heavy atom. The molecular formula is C33H52O6. The van der Waals surface area contributed by atoms with Crippen LogP contribution in [0.15, 0.2) is 11.6 Å². The van der Waals surface area contributed by atoms with Gasteiger partial charge in [-0.3, -0.25) is 9.59 Å². The van der Waals surface area contributed by atoms with Crippen molar-refractivity contribution in [3.63, 3.8) is 0 Å². The summed E-state index contributed by atoms with van der Waals surface area (Å²) in [7, 11) is 1.49. The van der Waals surface area contributed by atoms with Crippen LogP contribution < -0.4 is 0 Å². The van der Waals surface area contributed by atoms with Crippen LogP contribution in [0.2, 0.25) is 0 Å². The summed E-state index contributed by atoms with van der Waals surface area (Å²) < 4.78 is 11.2. The standard InChI is InChI=1S/C33H52O6/c1-19-12-15-33(27(36)38-9)17-16-30(6)21(25(33)32(19,8)37)10-11-24-29(5)18-22(35)26(39-20(2)34)28(3,4)23(29)13-14-31(24,30)7/h10,19,22-26,35,37H,11-18H2,1-9H3/t19-,22-,23+,24-,25-,26+,29+,30-,31-,32-,33+/m1/s1. The number of rotatable bonds is 2. The fraction of sp³-hybridized carbons (Fsp3) is 0.879. The quantitative estimate of drug-likeness (QED) is 0.335. The summed E-state index contributed by atoms with van der Waals surface area (Å²) in [6.45, 7) is 17.1. The molecule has 0 aromatic rings. The van der Waals surface area contributed by atoms with E-state index < -0.39 is 23.2 Å². The Morgan fingerprint density at radius 2 is 1.64 bits per heavy atom. The second kappa shape index (κ2) is 8.80. The summed E-state index contributed by atoms with van der Waals surface area (Å²) in [5.41, 5.74) is -1.10. The van der Waals surface area contributed by atoms with Crippen LogP contribution >= 0.6 is 0 Å². The van der Waals surface area contributed by atoms with E-state index in [2.05, 4.69) is 47.6 Å². The third kappa shape index (κ3) is 3.58. The van der Waals surface area contributed by atoms with Crippen LogP contribution in [0.1, 0.15) is 107 Å². The number of hydrogen-bond acceptors (Lipinski definition) is 6. The number of methoxy groups -OCH3 is 1. The van der Waals surface area contributed by atoms with E-state index in [1.165, 1.54) is 19.6 Å². The number of fused-ring (bicyclic) bond motifs is 7. The summed E-state index contributed by atoms with van der Waals surface area (Å²) in [6.07, 6.45) is 7.91. The molecule has 5 aliphatic carbocycles. The van der Waals surface area contributed by atoms with Crippen molar-refractivity contribution in [2.24, 2.45) is 50.7 Å². The molecule has 4 fully saturated rings. The molecule has 2 N–H and O–H groups in total. The fourth-order valence-electron chi connectivity index (χ4n) is 11.6. The number of hydrogen-bond donors (Lipinski definition) is 2. The average Bonchev–Trinajstić information content (AvgIpc) is 2.83. The summed E-state index contributed by atoms with van der Waals surface area (Å²) in [5, 5.41) is 23.5. The molecule has 0 aromatic carbocycles. The molecule has 0 saturated heterocycles. The van der Waals surface area contributed by atoms with Gasteiger partial charge in [-0.05, 0) is 92.3 Å². The van der Waals surface area contributed by atoms with Crippen molar-refractivity contribution >= 4 is 11.9 Å². The molecule has 5 rings (SSSR count). The molecule has 220 valence electrons. The molecule has 0 unspecified atom stereocenters. The molecule has 0 aromatic heterocycles. The van der Waals surface area contributed by atoms with E-state index in [1.807, 2.05) is 6.92 Å². The molecule has 0 amide bonds. The fourth-order valence-corrected chi connectivity index (χ4v) is 11.6. The number of esters is 2. The number of aliphatic hydroxyl groups is 2. The number of carbonyl (C=O) groups is 2. The largest absolute Gasteiger partial charge is 0.469 e. The zero-order chi connectivity index (χ0) is 29.0. The minimum absolute atomic E-state index is 0.0502. The normalized spacial score (nSPS) is 52.2. The topological polar surface area (TPSA) is 93.1 Å². The third-order valence-electron chi connectivity index (χ3n) is 13.8. The van der Waals surface area contributed by atoms with Gasteiger partial charge in [0, 0.05) is 18.3 Å². The van der Waals surface area contributed by atoms with Gasteiger partial charge in [-0.25, -0.2) is 0 Å². The highest BCUT2D eigenvalue weighted by molar-refractivity contribution is 5.79. The van der Waals surface area contributed by atoms with Crippen LogP contribution in [0.3, 0.4) is 0 Å². The molecule has 6 heteroatoms. The van der Waals surface area contributed by atoms with Gasteiger partial charge in [0.2, 0.25) is 0 Å². The second-order valence-corrected chi connectivity index (χ2v) is 15.7. The molecular weight excluding hydrogens is 492 g/mol. The minimum Gasteiger partial charge on any atom is -0.469 e. The molecule has 0 bridgehead atoms. The Morgan fingerprint density at radius 1 is 0.974 bits per heavy atom. The lowest BCUT2D eigenvalue weighted by atomic mass is 9.33. The number of allylic oxidation sites excluding steroid dienone is 1. The Hall–Kier alpha value is -1.40. The zero-order valence-corrected chi connectivity index (χ0v) is 25.7. The first-order chi connectivity index (χ1) is 17.9. The lowest BCUT2D eigenvalue weighted by molar-refractivity contribution is -0.243. The van der Waals surface area contributed by atoms with Gasteiger partial charge in [-0.15, -0.1) is 0 Å². The van der Waals surface area contributed by atoms with E-state index in [0.29, 0.717) is 18.3 Å². The average molecular weight is 545 g/mol. The predicted molar refractivity (Wildman–Crippen MR) is 149 cm³/mol. The molecule has 6 nitrogen and oxygen atoms in total.